The molecule has 0 saturated heterocycles. The molecule has 0 aliphatic carbocycles. The Hall–Kier alpha value is -3.39. The van der Waals surface area contributed by atoms with Gasteiger partial charge in [0.25, 0.3) is 15.9 Å². The van der Waals surface area contributed by atoms with E-state index in [1.54, 1.807) is 54.6 Å². The number of carbonyl (C=O) groups is 1. The molecule has 30 heavy (non-hydrogen) atoms. The Balaban J connectivity index is 1.73. The summed E-state index contributed by atoms with van der Waals surface area (Å²) in [4.78, 5) is 16.8. The lowest BCUT2D eigenvalue weighted by atomic mass is 10.2. The quantitative estimate of drug-likeness (QED) is 0.564. The number of anilines is 1. The fourth-order valence-electron chi connectivity index (χ4n) is 2.56. The van der Waals surface area contributed by atoms with E-state index in [1.807, 2.05) is 13.8 Å². The number of benzene rings is 2. The molecule has 2 N–H and O–H groups in total. The van der Waals surface area contributed by atoms with Crippen molar-refractivity contribution < 1.29 is 17.9 Å². The zero-order valence-corrected chi connectivity index (χ0v) is 17.5. The Morgan fingerprint density at radius 1 is 1.03 bits per heavy atom. The minimum atomic E-state index is -3.67. The van der Waals surface area contributed by atoms with Gasteiger partial charge in [-0.25, -0.2) is 13.4 Å². The number of amides is 1. The molecule has 1 heterocycles. The van der Waals surface area contributed by atoms with E-state index >= 15 is 0 Å². The number of hydrogen-bond acceptors (Lipinski definition) is 5. The van der Waals surface area contributed by atoms with Crippen molar-refractivity contribution in [3.8, 4) is 11.6 Å². The molecule has 156 valence electrons. The Bertz CT molecular complexity index is 1100. The summed E-state index contributed by atoms with van der Waals surface area (Å²) < 4.78 is 33.1. The summed E-state index contributed by atoms with van der Waals surface area (Å²) in [6, 6.07) is 17.8. The van der Waals surface area contributed by atoms with E-state index in [0.717, 1.165) is 6.42 Å². The van der Waals surface area contributed by atoms with Crippen molar-refractivity contribution in [2.75, 3.05) is 4.72 Å². The van der Waals surface area contributed by atoms with Crippen LogP contribution in [0.5, 0.6) is 11.6 Å². The third kappa shape index (κ3) is 5.36. The second-order valence-electron chi connectivity index (χ2n) is 6.68. The van der Waals surface area contributed by atoms with E-state index < -0.39 is 10.0 Å². The predicted octanol–water partition coefficient (Wildman–Crippen LogP) is 4.20. The lowest BCUT2D eigenvalue weighted by molar-refractivity contribution is 0.0936. The number of hydrogen-bond donors (Lipinski definition) is 2. The van der Waals surface area contributed by atoms with Crippen LogP contribution in [0.4, 0.5) is 5.69 Å². The number of sulfonamides is 1. The molecule has 3 aromatic rings. The number of aromatic nitrogens is 1. The molecule has 0 saturated carbocycles. The third-order valence-corrected chi connectivity index (χ3v) is 5.78. The predicted molar refractivity (Wildman–Crippen MR) is 115 cm³/mol. The first-order valence-electron chi connectivity index (χ1n) is 9.50. The molecule has 7 nitrogen and oxygen atoms in total. The summed E-state index contributed by atoms with van der Waals surface area (Å²) in [7, 11) is -3.67. The van der Waals surface area contributed by atoms with Gasteiger partial charge in [-0.2, -0.15) is 0 Å². The van der Waals surface area contributed by atoms with Gasteiger partial charge in [-0.3, -0.25) is 9.52 Å². The normalized spacial score (nSPS) is 12.1. The van der Waals surface area contributed by atoms with E-state index in [0.29, 0.717) is 17.0 Å². The summed E-state index contributed by atoms with van der Waals surface area (Å²) in [5.41, 5.74) is 0.716. The van der Waals surface area contributed by atoms with Crippen molar-refractivity contribution in [1.82, 2.24) is 10.3 Å². The molecule has 8 heteroatoms. The van der Waals surface area contributed by atoms with Crippen LogP contribution in [0.3, 0.4) is 0 Å². The van der Waals surface area contributed by atoms with Crippen LogP contribution in [-0.4, -0.2) is 25.4 Å². The van der Waals surface area contributed by atoms with E-state index in [1.165, 1.54) is 18.3 Å². The molecule has 0 aliphatic rings. The zero-order chi connectivity index (χ0) is 21.6. The summed E-state index contributed by atoms with van der Waals surface area (Å²) in [5, 5.41) is 2.89. The Labute approximate surface area is 176 Å². The van der Waals surface area contributed by atoms with Crippen LogP contribution in [0.2, 0.25) is 0 Å². The summed E-state index contributed by atoms with van der Waals surface area (Å²) in [6.07, 6.45) is 2.35. The molecule has 1 aromatic heterocycles. The van der Waals surface area contributed by atoms with Crippen LogP contribution in [0, 0.1) is 0 Å². The van der Waals surface area contributed by atoms with Gasteiger partial charge >= 0.3 is 0 Å². The van der Waals surface area contributed by atoms with Crippen LogP contribution in [0.1, 0.15) is 30.6 Å². The summed E-state index contributed by atoms with van der Waals surface area (Å²) in [5.74, 6) is 0.338. The van der Waals surface area contributed by atoms with E-state index in [-0.39, 0.29) is 22.7 Å². The molecule has 1 atom stereocenters. The number of rotatable bonds is 8. The standard InChI is InChI=1S/C22H23N3O4S/c1-3-16(2)24-21(26)20-10-7-15-23-22(20)29-18-13-11-17(12-14-18)25-30(27,28)19-8-5-4-6-9-19/h4-16,25H,3H2,1-2H3,(H,24,26)/t16-/m1/s1. The van der Waals surface area contributed by atoms with E-state index in [2.05, 4.69) is 15.0 Å². The SMILES string of the molecule is CC[C@@H](C)NC(=O)c1cccnc1Oc1ccc(NS(=O)(=O)c2ccccc2)cc1. The molecule has 2 aromatic carbocycles. The molecule has 0 bridgehead atoms. The minimum Gasteiger partial charge on any atom is -0.438 e. The maximum absolute atomic E-state index is 12.5. The van der Waals surface area contributed by atoms with Crippen molar-refractivity contribution >= 4 is 21.6 Å². The monoisotopic (exact) mass is 425 g/mol. The fraction of sp³-hybridized carbons (Fsp3) is 0.182. The minimum absolute atomic E-state index is 0.0301. The Morgan fingerprint density at radius 3 is 2.40 bits per heavy atom. The lowest BCUT2D eigenvalue weighted by Gasteiger charge is -2.14. The highest BCUT2D eigenvalue weighted by Crippen LogP contribution is 2.25. The second kappa shape index (κ2) is 9.41. The van der Waals surface area contributed by atoms with Crippen LogP contribution in [-0.2, 0) is 10.0 Å². The van der Waals surface area contributed by atoms with Crippen LogP contribution in [0.15, 0.2) is 77.8 Å². The van der Waals surface area contributed by atoms with Crippen molar-refractivity contribution in [3.63, 3.8) is 0 Å². The third-order valence-electron chi connectivity index (χ3n) is 4.38. The topological polar surface area (TPSA) is 97.4 Å². The lowest BCUT2D eigenvalue weighted by Crippen LogP contribution is -2.32. The molecular formula is C22H23N3O4S. The van der Waals surface area contributed by atoms with Gasteiger partial charge in [0.15, 0.2) is 0 Å². The van der Waals surface area contributed by atoms with Crippen molar-refractivity contribution in [2.45, 2.75) is 31.2 Å². The van der Waals surface area contributed by atoms with Gasteiger partial charge in [-0.1, -0.05) is 25.1 Å². The van der Waals surface area contributed by atoms with Gasteiger partial charge in [0, 0.05) is 17.9 Å². The first-order chi connectivity index (χ1) is 14.4. The average molecular weight is 426 g/mol. The Kier molecular flexibility index (Phi) is 6.68. The molecule has 0 unspecified atom stereocenters. The zero-order valence-electron chi connectivity index (χ0n) is 16.7. The van der Waals surface area contributed by atoms with Gasteiger partial charge in [-0.05, 0) is 61.9 Å². The molecule has 0 spiro atoms. The van der Waals surface area contributed by atoms with Crippen molar-refractivity contribution in [2.24, 2.45) is 0 Å². The molecule has 1 amide bonds. The summed E-state index contributed by atoms with van der Waals surface area (Å²) >= 11 is 0. The first kappa shape index (κ1) is 21.3. The number of nitrogens with zero attached hydrogens (tertiary/aromatic N) is 1. The summed E-state index contributed by atoms with van der Waals surface area (Å²) in [6.45, 7) is 3.91. The average Bonchev–Trinajstić information content (AvgIpc) is 2.76. The van der Waals surface area contributed by atoms with Crippen molar-refractivity contribution in [3.05, 3.63) is 78.5 Å². The van der Waals surface area contributed by atoms with Gasteiger partial charge in [0.1, 0.15) is 11.3 Å². The van der Waals surface area contributed by atoms with Crippen LogP contribution < -0.4 is 14.8 Å². The fourth-order valence-corrected chi connectivity index (χ4v) is 3.64. The number of ether oxygens (including phenoxy) is 1. The second-order valence-corrected chi connectivity index (χ2v) is 8.37. The highest BCUT2D eigenvalue weighted by Gasteiger charge is 2.16. The molecule has 0 fully saturated rings. The largest absolute Gasteiger partial charge is 0.438 e. The van der Waals surface area contributed by atoms with Gasteiger partial charge in [-0.15, -0.1) is 0 Å². The number of carbonyl (C=O) groups excluding carboxylic acids is 1. The Morgan fingerprint density at radius 2 is 1.73 bits per heavy atom. The molecule has 3 rings (SSSR count). The number of pyridine rings is 1. The molecule has 0 aliphatic heterocycles. The smallest absolute Gasteiger partial charge is 0.261 e. The first-order valence-corrected chi connectivity index (χ1v) is 11.0. The van der Waals surface area contributed by atoms with E-state index in [4.69, 9.17) is 4.74 Å². The van der Waals surface area contributed by atoms with Gasteiger partial charge < -0.3 is 10.1 Å². The number of nitrogens with one attached hydrogen (secondary N) is 2. The van der Waals surface area contributed by atoms with E-state index in [9.17, 15) is 13.2 Å². The molecular weight excluding hydrogens is 402 g/mol. The van der Waals surface area contributed by atoms with Gasteiger partial charge in [0.2, 0.25) is 5.88 Å². The van der Waals surface area contributed by atoms with Gasteiger partial charge in [0.05, 0.1) is 4.90 Å². The highest BCUT2D eigenvalue weighted by atomic mass is 32.2. The molecule has 0 radical (unpaired) electrons. The maximum Gasteiger partial charge on any atom is 0.261 e. The highest BCUT2D eigenvalue weighted by molar-refractivity contribution is 7.92. The van der Waals surface area contributed by atoms with Crippen molar-refractivity contribution in [1.29, 1.82) is 0 Å². The maximum atomic E-state index is 12.5. The van der Waals surface area contributed by atoms with Crippen LogP contribution in [0.25, 0.3) is 0 Å². The van der Waals surface area contributed by atoms with Crippen LogP contribution >= 0.6 is 0 Å².